The van der Waals surface area contributed by atoms with Gasteiger partial charge in [0, 0.05) is 29.7 Å². The monoisotopic (exact) mass is 1370 g/mol. The van der Waals surface area contributed by atoms with Crippen molar-refractivity contribution in [3.63, 3.8) is 0 Å². The molecule has 0 amide bonds. The van der Waals surface area contributed by atoms with Crippen LogP contribution in [0.25, 0.3) is 22.3 Å². The SMILES string of the molecule is C=CC(=O)OCCCCCCOc1ccc(C(=O)Oc2ccc(CC(=O)c3ccc(OCCCCCC)cc3)cc2-c2ccc(-c3ccc(C4(OC(=O)c5ccc(OC(=O)C6CCC(C(=O)OCCCCCOC(=O)C=C)CC6)cc5)CCC(C5CCC(CCC)CC5)CC4)cc3)cc2)cc1. The van der Waals surface area contributed by atoms with E-state index in [9.17, 15) is 33.6 Å². The molecular weight excluding hydrogens is 1270 g/mol. The lowest BCUT2D eigenvalue weighted by Gasteiger charge is -2.43. The van der Waals surface area contributed by atoms with Crippen LogP contribution in [0.4, 0.5) is 0 Å². The summed E-state index contributed by atoms with van der Waals surface area (Å²) in [6.45, 7) is 13.3. The molecule has 0 aromatic heterocycles. The largest absolute Gasteiger partial charge is 0.494 e. The van der Waals surface area contributed by atoms with Crippen molar-refractivity contribution >= 4 is 41.6 Å². The van der Waals surface area contributed by atoms with Gasteiger partial charge in [0.05, 0.1) is 56.0 Å². The summed E-state index contributed by atoms with van der Waals surface area (Å²) in [7, 11) is 0. The second kappa shape index (κ2) is 39.8. The van der Waals surface area contributed by atoms with Crippen LogP contribution in [0.3, 0.4) is 0 Å². The van der Waals surface area contributed by atoms with E-state index in [1.165, 1.54) is 44.9 Å². The van der Waals surface area contributed by atoms with Crippen molar-refractivity contribution in [1.29, 1.82) is 0 Å². The summed E-state index contributed by atoms with van der Waals surface area (Å²) in [6.07, 6.45) is 25.2. The fraction of sp³-hybridized carbons (Fsp3) is 0.453. The summed E-state index contributed by atoms with van der Waals surface area (Å²) in [5, 5.41) is 0. The van der Waals surface area contributed by atoms with Gasteiger partial charge in [-0.05, 0) is 246 Å². The quantitative estimate of drug-likeness (QED) is 0.00887. The zero-order valence-corrected chi connectivity index (χ0v) is 59.3. The summed E-state index contributed by atoms with van der Waals surface area (Å²) in [5.41, 5.74) is 5.40. The number of Topliss-reactive ketones (excluding diaryl/α,β-unsaturated/α-hetero) is 1. The molecule has 0 unspecified atom stereocenters. The van der Waals surface area contributed by atoms with Crippen LogP contribution in [0.1, 0.15) is 217 Å². The number of benzene rings is 6. The van der Waals surface area contributed by atoms with E-state index >= 15 is 0 Å². The van der Waals surface area contributed by atoms with Gasteiger partial charge in [0.15, 0.2) is 5.78 Å². The van der Waals surface area contributed by atoms with Gasteiger partial charge in [-0.2, -0.15) is 0 Å². The van der Waals surface area contributed by atoms with Crippen molar-refractivity contribution in [2.75, 3.05) is 33.0 Å². The molecule has 3 fully saturated rings. The third kappa shape index (κ3) is 23.2. The molecule has 15 heteroatoms. The summed E-state index contributed by atoms with van der Waals surface area (Å²) >= 11 is 0. The molecular formula is C86H102O15. The highest BCUT2D eigenvalue weighted by molar-refractivity contribution is 5.98. The summed E-state index contributed by atoms with van der Waals surface area (Å²) in [4.78, 5) is 91.0. The number of rotatable bonds is 38. The van der Waals surface area contributed by atoms with Gasteiger partial charge in [0.25, 0.3) is 0 Å². The summed E-state index contributed by atoms with van der Waals surface area (Å²) in [5.74, 6) is 0.866. The Morgan fingerprint density at radius 1 is 0.436 bits per heavy atom. The highest BCUT2D eigenvalue weighted by Gasteiger charge is 2.43. The van der Waals surface area contributed by atoms with E-state index in [1.807, 2.05) is 48.5 Å². The standard InChI is InChI=1S/C86H102O15/c1-5-9-10-14-54-94-74-43-35-68(36-44-74)78(87)60-62-22-49-79(100-84(92)71-37-45-75(46-38-71)95-55-15-11-12-16-56-96-80(88)7-3)77(59-62)67-27-25-64(26-28-67)65-33-41-73(42-34-65)86(52-50-66(51-53-86)63-23-20-61(19-6-2)21-24-63)101-85(93)72-39-47-76(48-40-72)99-83(91)70-31-29-69(30-32-70)82(90)98-58-18-13-17-57-97-81(89)8-4/h7-8,22,25-28,33-49,59,61,63,66,69-70H,3-6,9-21,23-24,29-32,50-58,60H2,1-2H3. The third-order valence-corrected chi connectivity index (χ3v) is 20.3. The first kappa shape index (κ1) is 76.1. The van der Waals surface area contributed by atoms with E-state index in [2.05, 4.69) is 51.3 Å². The van der Waals surface area contributed by atoms with Crippen LogP contribution >= 0.6 is 0 Å². The molecule has 6 aromatic carbocycles. The van der Waals surface area contributed by atoms with Crippen LogP contribution in [-0.4, -0.2) is 74.6 Å². The first-order chi connectivity index (χ1) is 49.2. The Morgan fingerprint density at radius 2 is 0.911 bits per heavy atom. The zero-order chi connectivity index (χ0) is 71.2. The molecule has 6 aromatic rings. The molecule has 3 aliphatic carbocycles. The molecule has 0 bridgehead atoms. The number of carbonyl (C=O) groups excluding carboxylic acids is 7. The van der Waals surface area contributed by atoms with Gasteiger partial charge in [-0.1, -0.05) is 127 Å². The van der Waals surface area contributed by atoms with Gasteiger partial charge >= 0.3 is 35.8 Å². The maximum atomic E-state index is 14.4. The van der Waals surface area contributed by atoms with Crippen LogP contribution in [0, 0.1) is 29.6 Å². The molecule has 15 nitrogen and oxygen atoms in total. The molecule has 3 saturated carbocycles. The number of carbonyl (C=O) groups is 7. The molecule has 0 spiro atoms. The molecule has 0 aliphatic heterocycles. The van der Waals surface area contributed by atoms with E-state index in [-0.39, 0.29) is 36.0 Å². The van der Waals surface area contributed by atoms with Crippen LogP contribution in [0.15, 0.2) is 165 Å². The number of ether oxygens (including phenoxy) is 8. The first-order valence-corrected chi connectivity index (χ1v) is 37.1. The van der Waals surface area contributed by atoms with Crippen LogP contribution in [0.2, 0.25) is 0 Å². The average Bonchev–Trinajstić information content (AvgIpc) is 0.756. The van der Waals surface area contributed by atoms with Gasteiger partial charge in [0.1, 0.15) is 28.6 Å². The lowest BCUT2D eigenvalue weighted by atomic mass is 9.66. The molecule has 0 atom stereocenters. The third-order valence-electron chi connectivity index (χ3n) is 20.3. The van der Waals surface area contributed by atoms with Crippen molar-refractivity contribution < 1.29 is 71.5 Å². The number of esters is 6. The fourth-order valence-corrected chi connectivity index (χ4v) is 14.3. The number of ketones is 1. The molecule has 101 heavy (non-hydrogen) atoms. The van der Waals surface area contributed by atoms with Gasteiger partial charge in [-0.25, -0.2) is 19.2 Å². The summed E-state index contributed by atoms with van der Waals surface area (Å²) < 4.78 is 46.3. The normalized spacial score (nSPS) is 18.8. The van der Waals surface area contributed by atoms with Crippen molar-refractivity contribution in [2.45, 2.75) is 186 Å². The average molecular weight is 1380 g/mol. The van der Waals surface area contributed by atoms with Crippen molar-refractivity contribution in [2.24, 2.45) is 29.6 Å². The Bertz CT molecular complexity index is 3640. The first-order valence-electron chi connectivity index (χ1n) is 37.1. The molecule has 9 rings (SSSR count). The van der Waals surface area contributed by atoms with Crippen molar-refractivity contribution in [3.05, 3.63) is 193 Å². The minimum atomic E-state index is -0.871. The van der Waals surface area contributed by atoms with E-state index in [0.717, 1.165) is 116 Å². The minimum Gasteiger partial charge on any atom is -0.494 e. The molecule has 0 N–H and O–H groups in total. The summed E-state index contributed by atoms with van der Waals surface area (Å²) in [6, 6.07) is 42.6. The van der Waals surface area contributed by atoms with Gasteiger partial charge < -0.3 is 37.9 Å². The Balaban J connectivity index is 0.859. The van der Waals surface area contributed by atoms with Gasteiger partial charge in [-0.3, -0.25) is 14.4 Å². The number of unbranched alkanes of at least 4 members (excludes halogenated alkanes) is 8. The molecule has 0 heterocycles. The van der Waals surface area contributed by atoms with E-state index in [4.69, 9.17) is 37.9 Å². The van der Waals surface area contributed by atoms with Crippen LogP contribution in [-0.2, 0) is 50.1 Å². The lowest BCUT2D eigenvalue weighted by molar-refractivity contribution is -0.152. The highest BCUT2D eigenvalue weighted by atomic mass is 16.6. The molecule has 3 aliphatic rings. The van der Waals surface area contributed by atoms with Crippen LogP contribution in [0.5, 0.6) is 23.0 Å². The second-order valence-electron chi connectivity index (χ2n) is 27.5. The van der Waals surface area contributed by atoms with Crippen molar-refractivity contribution in [1.82, 2.24) is 0 Å². The van der Waals surface area contributed by atoms with Gasteiger partial charge in [0.2, 0.25) is 0 Å². The zero-order valence-electron chi connectivity index (χ0n) is 59.3. The van der Waals surface area contributed by atoms with Crippen molar-refractivity contribution in [3.8, 4) is 45.3 Å². The fourth-order valence-electron chi connectivity index (χ4n) is 14.3. The Labute approximate surface area is 597 Å². The smallest absolute Gasteiger partial charge is 0.343 e. The maximum Gasteiger partial charge on any atom is 0.343 e. The van der Waals surface area contributed by atoms with E-state index in [0.29, 0.717) is 136 Å². The minimum absolute atomic E-state index is 0.0614. The topological polar surface area (TPSA) is 193 Å². The molecule has 536 valence electrons. The van der Waals surface area contributed by atoms with E-state index < -0.39 is 29.5 Å². The number of hydrogen-bond donors (Lipinski definition) is 0. The Hall–Kier alpha value is -9.11. The molecule has 0 radical (unpaired) electrons. The molecule has 0 saturated heterocycles. The Kier molecular flexibility index (Phi) is 30.0. The second-order valence-corrected chi connectivity index (χ2v) is 27.5. The lowest BCUT2D eigenvalue weighted by Crippen LogP contribution is -2.38. The predicted molar refractivity (Wildman–Crippen MR) is 391 cm³/mol. The number of hydrogen-bond acceptors (Lipinski definition) is 15. The van der Waals surface area contributed by atoms with E-state index in [1.54, 1.807) is 66.7 Å². The predicted octanol–water partition coefficient (Wildman–Crippen LogP) is 19.3. The highest BCUT2D eigenvalue weighted by Crippen LogP contribution is 2.49. The van der Waals surface area contributed by atoms with Crippen LogP contribution < -0.4 is 18.9 Å². The van der Waals surface area contributed by atoms with Gasteiger partial charge in [-0.15, -0.1) is 0 Å². The maximum absolute atomic E-state index is 14.4. The Morgan fingerprint density at radius 3 is 1.47 bits per heavy atom.